The highest BCUT2D eigenvalue weighted by molar-refractivity contribution is 6.39. The van der Waals surface area contributed by atoms with Gasteiger partial charge in [-0.3, -0.25) is 25.0 Å². The Hall–Kier alpha value is -4.96. The highest BCUT2D eigenvalue weighted by Crippen LogP contribution is 2.36. The monoisotopic (exact) mass is 561 g/mol. The number of halogens is 1. The van der Waals surface area contributed by atoms with Crippen molar-refractivity contribution >= 4 is 46.9 Å². The number of allylic oxidation sites excluding steroid dienone is 1. The minimum Gasteiger partial charge on any atom is -0.490 e. The second kappa shape index (κ2) is 12.3. The molecule has 0 aromatic heterocycles. The summed E-state index contributed by atoms with van der Waals surface area (Å²) in [6, 6.07) is 14.5. The normalized spacial score (nSPS) is 14.2. The number of hydrogen-bond donors (Lipinski definition) is 1. The number of imide groups is 2. The molecule has 1 heterocycles. The number of urea groups is 1. The summed E-state index contributed by atoms with van der Waals surface area (Å²) in [6.07, 6.45) is 3.41. The van der Waals surface area contributed by atoms with Crippen LogP contribution in [0, 0.1) is 10.1 Å². The number of nitrogens with zero attached hydrogens (tertiary/aromatic N) is 2. The molecule has 0 unspecified atom stereocenters. The third-order valence-electron chi connectivity index (χ3n) is 5.88. The number of carbonyl (C=O) groups excluding carboxylic acids is 3. The lowest BCUT2D eigenvalue weighted by atomic mass is 10.0. The Labute approximate surface area is 234 Å². The van der Waals surface area contributed by atoms with E-state index >= 15 is 0 Å². The summed E-state index contributed by atoms with van der Waals surface area (Å²) in [5.41, 5.74) is 1.46. The number of rotatable bonds is 10. The van der Waals surface area contributed by atoms with E-state index in [1.54, 1.807) is 24.3 Å². The maximum absolute atomic E-state index is 13.3. The van der Waals surface area contributed by atoms with Gasteiger partial charge in [0.05, 0.1) is 17.2 Å². The van der Waals surface area contributed by atoms with Crippen LogP contribution in [0.3, 0.4) is 0 Å². The Balaban J connectivity index is 1.71. The number of barbiturate groups is 1. The molecule has 1 aliphatic heterocycles. The molecule has 204 valence electrons. The third-order valence-corrected chi connectivity index (χ3v) is 6.25. The fraction of sp³-hybridized carbons (Fsp3) is 0.138. The second-order valence-corrected chi connectivity index (χ2v) is 8.95. The molecule has 4 amide bonds. The first-order chi connectivity index (χ1) is 19.2. The molecule has 0 radical (unpaired) electrons. The van der Waals surface area contributed by atoms with E-state index in [9.17, 15) is 24.5 Å². The van der Waals surface area contributed by atoms with Crippen LogP contribution in [-0.2, 0) is 22.6 Å². The number of nitro groups is 1. The molecule has 1 fully saturated rings. The van der Waals surface area contributed by atoms with Crippen LogP contribution in [0.1, 0.15) is 23.6 Å². The summed E-state index contributed by atoms with van der Waals surface area (Å²) in [5, 5.41) is 13.7. The van der Waals surface area contributed by atoms with Crippen LogP contribution in [0.2, 0.25) is 5.02 Å². The maximum atomic E-state index is 13.3. The number of nitro benzene ring substituents is 1. The number of benzene rings is 3. The number of ether oxygens (including phenoxy) is 2. The van der Waals surface area contributed by atoms with E-state index in [4.69, 9.17) is 21.1 Å². The molecule has 0 spiro atoms. The Morgan fingerprint density at radius 1 is 1.05 bits per heavy atom. The van der Waals surface area contributed by atoms with Crippen LogP contribution in [0.25, 0.3) is 6.08 Å². The van der Waals surface area contributed by atoms with Gasteiger partial charge in [0.25, 0.3) is 17.5 Å². The third kappa shape index (κ3) is 6.02. The first kappa shape index (κ1) is 28.1. The van der Waals surface area contributed by atoms with Crippen LogP contribution >= 0.6 is 11.6 Å². The van der Waals surface area contributed by atoms with Gasteiger partial charge in [0.2, 0.25) is 0 Å². The summed E-state index contributed by atoms with van der Waals surface area (Å²) in [5.74, 6) is -0.918. The van der Waals surface area contributed by atoms with Gasteiger partial charge in [-0.15, -0.1) is 6.58 Å². The number of carbonyl (C=O) groups is 3. The summed E-state index contributed by atoms with van der Waals surface area (Å²) in [7, 11) is 0. The van der Waals surface area contributed by atoms with Gasteiger partial charge in [0, 0.05) is 28.3 Å². The lowest BCUT2D eigenvalue weighted by Gasteiger charge is -2.26. The molecule has 1 N–H and O–H groups in total. The predicted molar refractivity (Wildman–Crippen MR) is 149 cm³/mol. The molecular weight excluding hydrogens is 538 g/mol. The largest absolute Gasteiger partial charge is 0.490 e. The van der Waals surface area contributed by atoms with Gasteiger partial charge in [0.1, 0.15) is 12.2 Å². The van der Waals surface area contributed by atoms with Crippen molar-refractivity contribution < 1.29 is 28.8 Å². The van der Waals surface area contributed by atoms with Crippen LogP contribution < -0.4 is 19.7 Å². The molecule has 3 aromatic rings. The molecule has 0 atom stereocenters. The summed E-state index contributed by atoms with van der Waals surface area (Å²) < 4.78 is 12.0. The smallest absolute Gasteiger partial charge is 0.335 e. The van der Waals surface area contributed by atoms with E-state index in [-0.39, 0.29) is 23.6 Å². The van der Waals surface area contributed by atoms with Crippen molar-refractivity contribution in [1.82, 2.24) is 5.32 Å². The first-order valence-corrected chi connectivity index (χ1v) is 12.5. The Bertz CT molecular complexity index is 1530. The van der Waals surface area contributed by atoms with Gasteiger partial charge in [-0.2, -0.15) is 0 Å². The molecule has 1 aliphatic rings. The van der Waals surface area contributed by atoms with Gasteiger partial charge < -0.3 is 9.47 Å². The molecular formula is C29H24ClN3O7. The van der Waals surface area contributed by atoms with E-state index in [0.29, 0.717) is 40.7 Å². The molecule has 11 heteroatoms. The van der Waals surface area contributed by atoms with Gasteiger partial charge in [-0.25, -0.2) is 9.69 Å². The molecule has 3 aromatic carbocycles. The molecule has 10 nitrogen and oxygen atoms in total. The van der Waals surface area contributed by atoms with E-state index in [0.717, 1.165) is 22.6 Å². The zero-order valence-corrected chi connectivity index (χ0v) is 22.1. The van der Waals surface area contributed by atoms with E-state index in [1.165, 1.54) is 18.2 Å². The SMILES string of the molecule is C=CCc1cc(/C=C2\C(=O)NC(=O)N(c3ccc([N+](=O)[O-])cc3)C2=O)cc(OCC)c1OCc1ccccc1Cl. The predicted octanol–water partition coefficient (Wildman–Crippen LogP) is 5.62. The minimum absolute atomic E-state index is 0.0668. The average molecular weight is 562 g/mol. The molecule has 0 aliphatic carbocycles. The number of non-ortho nitro benzene ring substituents is 1. The van der Waals surface area contributed by atoms with Gasteiger partial charge in [0.15, 0.2) is 11.5 Å². The highest BCUT2D eigenvalue weighted by atomic mass is 35.5. The van der Waals surface area contributed by atoms with Gasteiger partial charge in [-0.05, 0) is 55.3 Å². The number of amides is 4. The Morgan fingerprint density at radius 2 is 1.77 bits per heavy atom. The van der Waals surface area contributed by atoms with Crippen molar-refractivity contribution in [3.8, 4) is 11.5 Å². The molecule has 1 saturated heterocycles. The van der Waals surface area contributed by atoms with Crippen LogP contribution in [0.15, 0.2) is 78.9 Å². The number of hydrogen-bond acceptors (Lipinski definition) is 7. The van der Waals surface area contributed by atoms with Crippen molar-refractivity contribution in [2.24, 2.45) is 0 Å². The standard InChI is InChI=1S/C29H24ClN3O7/c1-3-7-19-14-18(16-25(39-4-2)26(19)40-17-20-8-5-6-9-24(20)30)15-23-27(34)31-29(36)32(28(23)35)21-10-12-22(13-11-21)33(37)38/h3,5-6,8-16H,1,4,7,17H2,2H3,(H,31,34,36)/b23-15+. The average Bonchev–Trinajstić information content (AvgIpc) is 2.92. The molecule has 0 bridgehead atoms. The zero-order valence-electron chi connectivity index (χ0n) is 21.4. The van der Waals surface area contributed by atoms with E-state index in [1.807, 2.05) is 25.1 Å². The number of anilines is 1. The fourth-order valence-corrected chi connectivity index (χ4v) is 4.24. The second-order valence-electron chi connectivity index (χ2n) is 8.54. The molecule has 40 heavy (non-hydrogen) atoms. The van der Waals surface area contributed by atoms with Crippen LogP contribution in [-0.4, -0.2) is 29.4 Å². The molecule has 4 rings (SSSR count). The summed E-state index contributed by atoms with van der Waals surface area (Å²) >= 11 is 6.28. The first-order valence-electron chi connectivity index (χ1n) is 12.2. The highest BCUT2D eigenvalue weighted by Gasteiger charge is 2.37. The molecule has 0 saturated carbocycles. The summed E-state index contributed by atoms with van der Waals surface area (Å²) in [6.45, 7) is 6.11. The van der Waals surface area contributed by atoms with Crippen LogP contribution in [0.4, 0.5) is 16.2 Å². The van der Waals surface area contributed by atoms with Crippen molar-refractivity contribution in [2.75, 3.05) is 11.5 Å². The quantitative estimate of drug-likeness (QED) is 0.112. The summed E-state index contributed by atoms with van der Waals surface area (Å²) in [4.78, 5) is 49.6. The van der Waals surface area contributed by atoms with Crippen molar-refractivity contribution in [3.63, 3.8) is 0 Å². The van der Waals surface area contributed by atoms with E-state index in [2.05, 4.69) is 11.9 Å². The van der Waals surface area contributed by atoms with Gasteiger partial charge in [-0.1, -0.05) is 35.9 Å². The zero-order chi connectivity index (χ0) is 28.8. The van der Waals surface area contributed by atoms with Crippen molar-refractivity contribution in [2.45, 2.75) is 20.0 Å². The van der Waals surface area contributed by atoms with Crippen LogP contribution in [0.5, 0.6) is 11.5 Å². The fourth-order valence-electron chi connectivity index (χ4n) is 4.05. The van der Waals surface area contributed by atoms with Crippen molar-refractivity contribution in [1.29, 1.82) is 0 Å². The minimum atomic E-state index is -0.966. The number of nitrogens with one attached hydrogen (secondary N) is 1. The topological polar surface area (TPSA) is 128 Å². The Morgan fingerprint density at radius 3 is 2.42 bits per heavy atom. The lowest BCUT2D eigenvalue weighted by Crippen LogP contribution is -2.54. The maximum Gasteiger partial charge on any atom is 0.335 e. The Kier molecular flexibility index (Phi) is 8.60. The van der Waals surface area contributed by atoms with E-state index < -0.39 is 22.8 Å². The van der Waals surface area contributed by atoms with Gasteiger partial charge >= 0.3 is 6.03 Å². The lowest BCUT2D eigenvalue weighted by molar-refractivity contribution is -0.384. The van der Waals surface area contributed by atoms with Crippen molar-refractivity contribution in [3.05, 3.63) is 111 Å².